The Bertz CT molecular complexity index is 518. The summed E-state index contributed by atoms with van der Waals surface area (Å²) in [6.07, 6.45) is 1.47. The number of nitrogens with zero attached hydrogens (tertiary/aromatic N) is 1. The Morgan fingerprint density at radius 3 is 2.35 bits per heavy atom. The number of carbonyl (C=O) groups is 1. The quantitative estimate of drug-likeness (QED) is 0.775. The van der Waals surface area contributed by atoms with Crippen LogP contribution in [0.2, 0.25) is 5.02 Å². The topological polar surface area (TPSA) is 39.2 Å². The number of hydrogen-bond donors (Lipinski definition) is 0. The maximum absolute atomic E-state index is 11.1. The van der Waals surface area contributed by atoms with E-state index in [-0.39, 0.29) is 18.1 Å². The van der Waals surface area contributed by atoms with E-state index < -0.39 is 5.97 Å². The zero-order valence-corrected chi connectivity index (χ0v) is 12.9. The van der Waals surface area contributed by atoms with Crippen molar-refractivity contribution in [3.8, 4) is 0 Å². The number of hydrogen-bond acceptors (Lipinski definition) is 3. The molecule has 0 fully saturated rings. The van der Waals surface area contributed by atoms with Crippen LogP contribution in [0.3, 0.4) is 0 Å². The summed E-state index contributed by atoms with van der Waals surface area (Å²) >= 11 is 5.64. The van der Waals surface area contributed by atoms with E-state index in [1.54, 1.807) is 13.0 Å². The fraction of sp³-hybridized carbons (Fsp3) is 0.200. The molecule has 0 aliphatic heterocycles. The molecule has 0 unspecified atom stereocenters. The molecule has 1 aromatic heterocycles. The summed E-state index contributed by atoms with van der Waals surface area (Å²) in [4.78, 5) is 14.9. The van der Waals surface area contributed by atoms with Gasteiger partial charge in [0.2, 0.25) is 0 Å². The Morgan fingerprint density at radius 1 is 1.25 bits per heavy atom. The second kappa shape index (κ2) is 10.2. The van der Waals surface area contributed by atoms with Crippen LogP contribution in [0.5, 0.6) is 0 Å². The number of ether oxygens (including phenoxy) is 1. The fourth-order valence-electron chi connectivity index (χ4n) is 1.26. The van der Waals surface area contributed by atoms with E-state index in [1.165, 1.54) is 17.8 Å². The molecular formula is C15H17Cl2NO2. The van der Waals surface area contributed by atoms with Crippen molar-refractivity contribution in [3.05, 3.63) is 64.9 Å². The molecule has 1 heterocycles. The highest BCUT2D eigenvalue weighted by Gasteiger charge is 2.06. The van der Waals surface area contributed by atoms with Crippen LogP contribution in [0, 0.1) is 6.92 Å². The normalized spacial score (nSPS) is 8.75. The van der Waals surface area contributed by atoms with Crippen LogP contribution in [-0.4, -0.2) is 17.6 Å². The van der Waals surface area contributed by atoms with Crippen molar-refractivity contribution in [2.45, 2.75) is 13.8 Å². The standard InChI is InChI=1S/C8H8ClNO2.C7H8.ClH/c1-2-12-8(11)7-5-6(9)3-4-10-7;1-7-5-3-2-4-6-7;/h3-5H,2H2,1H3;2-6H,1H3;1H. The lowest BCUT2D eigenvalue weighted by Crippen LogP contribution is -2.06. The van der Waals surface area contributed by atoms with Gasteiger partial charge in [-0.05, 0) is 26.0 Å². The summed E-state index contributed by atoms with van der Waals surface area (Å²) in [6, 6.07) is 13.3. The molecule has 0 aliphatic carbocycles. The molecule has 0 amide bonds. The third-order valence-corrected chi connectivity index (χ3v) is 2.38. The van der Waals surface area contributed by atoms with Crippen molar-refractivity contribution in [1.29, 1.82) is 0 Å². The Hall–Kier alpha value is -1.58. The minimum absolute atomic E-state index is 0. The first kappa shape index (κ1) is 18.4. The number of rotatable bonds is 2. The monoisotopic (exact) mass is 313 g/mol. The van der Waals surface area contributed by atoms with Gasteiger partial charge in [-0.15, -0.1) is 12.4 Å². The number of halogens is 2. The van der Waals surface area contributed by atoms with Crippen LogP contribution < -0.4 is 0 Å². The van der Waals surface area contributed by atoms with Gasteiger partial charge < -0.3 is 4.74 Å². The van der Waals surface area contributed by atoms with Gasteiger partial charge in [0.05, 0.1) is 6.61 Å². The maximum atomic E-state index is 11.1. The summed E-state index contributed by atoms with van der Waals surface area (Å²) in [5, 5.41) is 0.480. The minimum Gasteiger partial charge on any atom is -0.461 e. The van der Waals surface area contributed by atoms with E-state index in [9.17, 15) is 4.79 Å². The van der Waals surface area contributed by atoms with Gasteiger partial charge >= 0.3 is 5.97 Å². The van der Waals surface area contributed by atoms with Crippen molar-refractivity contribution < 1.29 is 9.53 Å². The van der Waals surface area contributed by atoms with Gasteiger partial charge in [-0.2, -0.15) is 0 Å². The largest absolute Gasteiger partial charge is 0.461 e. The molecule has 0 spiro atoms. The lowest BCUT2D eigenvalue weighted by atomic mass is 10.2. The van der Waals surface area contributed by atoms with Crippen molar-refractivity contribution in [2.24, 2.45) is 0 Å². The Labute approximate surface area is 130 Å². The molecular weight excluding hydrogens is 297 g/mol. The fourth-order valence-corrected chi connectivity index (χ4v) is 1.42. The van der Waals surface area contributed by atoms with Crippen molar-refractivity contribution in [1.82, 2.24) is 4.98 Å². The lowest BCUT2D eigenvalue weighted by molar-refractivity contribution is 0.0519. The Morgan fingerprint density at radius 2 is 1.90 bits per heavy atom. The molecule has 3 nitrogen and oxygen atoms in total. The third kappa shape index (κ3) is 7.12. The second-order valence-corrected chi connectivity index (χ2v) is 4.17. The molecule has 0 bridgehead atoms. The van der Waals surface area contributed by atoms with Crippen molar-refractivity contribution in [3.63, 3.8) is 0 Å². The van der Waals surface area contributed by atoms with Gasteiger partial charge in [0, 0.05) is 11.2 Å². The molecule has 0 atom stereocenters. The minimum atomic E-state index is -0.444. The summed E-state index contributed by atoms with van der Waals surface area (Å²) in [7, 11) is 0. The first-order chi connectivity index (χ1) is 9.13. The lowest BCUT2D eigenvalue weighted by Gasteiger charge is -1.99. The number of pyridine rings is 1. The van der Waals surface area contributed by atoms with Crippen molar-refractivity contribution >= 4 is 30.0 Å². The molecule has 0 saturated carbocycles. The maximum Gasteiger partial charge on any atom is 0.356 e. The molecule has 2 rings (SSSR count). The molecule has 5 heteroatoms. The molecule has 20 heavy (non-hydrogen) atoms. The van der Waals surface area contributed by atoms with Crippen LogP contribution in [0.4, 0.5) is 0 Å². The van der Waals surface area contributed by atoms with Crippen molar-refractivity contribution in [2.75, 3.05) is 6.61 Å². The zero-order valence-electron chi connectivity index (χ0n) is 11.4. The average molecular weight is 314 g/mol. The van der Waals surface area contributed by atoms with Crippen LogP contribution in [0.15, 0.2) is 48.7 Å². The molecule has 0 N–H and O–H groups in total. The molecule has 0 radical (unpaired) electrons. The average Bonchev–Trinajstić information content (AvgIpc) is 2.40. The first-order valence-electron chi connectivity index (χ1n) is 5.93. The number of esters is 1. The first-order valence-corrected chi connectivity index (χ1v) is 6.31. The number of benzene rings is 1. The predicted molar refractivity (Wildman–Crippen MR) is 83.6 cm³/mol. The van der Waals surface area contributed by atoms with Gasteiger partial charge in [-0.3, -0.25) is 0 Å². The Kier molecular flexibility index (Phi) is 9.43. The second-order valence-electron chi connectivity index (χ2n) is 3.73. The number of carbonyl (C=O) groups excluding carboxylic acids is 1. The number of aromatic nitrogens is 1. The van der Waals surface area contributed by atoms with Gasteiger partial charge in [0.25, 0.3) is 0 Å². The highest BCUT2D eigenvalue weighted by molar-refractivity contribution is 6.30. The van der Waals surface area contributed by atoms with Gasteiger partial charge in [0.15, 0.2) is 0 Å². The molecule has 1 aromatic carbocycles. The van der Waals surface area contributed by atoms with E-state index in [4.69, 9.17) is 16.3 Å². The van der Waals surface area contributed by atoms with E-state index in [0.717, 1.165) is 0 Å². The molecule has 0 saturated heterocycles. The molecule has 108 valence electrons. The summed E-state index contributed by atoms with van der Waals surface area (Å²) in [5.74, 6) is -0.444. The third-order valence-electron chi connectivity index (χ3n) is 2.15. The summed E-state index contributed by atoms with van der Waals surface area (Å²) < 4.78 is 4.72. The summed E-state index contributed by atoms with van der Waals surface area (Å²) in [6.45, 7) is 4.16. The SMILES string of the molecule is CCOC(=O)c1cc(Cl)ccn1.Cc1ccccc1.Cl. The molecule has 2 aromatic rings. The van der Waals surface area contributed by atoms with E-state index in [2.05, 4.69) is 24.0 Å². The van der Waals surface area contributed by atoms with Crippen LogP contribution in [0.25, 0.3) is 0 Å². The van der Waals surface area contributed by atoms with E-state index >= 15 is 0 Å². The molecule has 0 aliphatic rings. The highest BCUT2D eigenvalue weighted by Crippen LogP contribution is 2.08. The van der Waals surface area contributed by atoms with E-state index in [0.29, 0.717) is 11.6 Å². The Balaban J connectivity index is 0.000000387. The van der Waals surface area contributed by atoms with E-state index in [1.807, 2.05) is 18.2 Å². The number of aryl methyl sites for hydroxylation is 1. The summed E-state index contributed by atoms with van der Waals surface area (Å²) in [5.41, 5.74) is 1.56. The predicted octanol–water partition coefficient (Wildman–Crippen LogP) is 4.33. The van der Waals surface area contributed by atoms with Crippen LogP contribution >= 0.6 is 24.0 Å². The van der Waals surface area contributed by atoms with Crippen LogP contribution in [0.1, 0.15) is 23.0 Å². The highest BCUT2D eigenvalue weighted by atomic mass is 35.5. The van der Waals surface area contributed by atoms with Crippen LogP contribution in [-0.2, 0) is 4.74 Å². The van der Waals surface area contributed by atoms with Gasteiger partial charge in [-0.1, -0.05) is 47.5 Å². The zero-order chi connectivity index (χ0) is 14.1. The van der Waals surface area contributed by atoms with Gasteiger partial charge in [0.1, 0.15) is 5.69 Å². The smallest absolute Gasteiger partial charge is 0.356 e. The van der Waals surface area contributed by atoms with Gasteiger partial charge in [-0.25, -0.2) is 9.78 Å².